The van der Waals surface area contributed by atoms with Crippen LogP contribution in [-0.4, -0.2) is 69.0 Å². The van der Waals surface area contributed by atoms with E-state index >= 15 is 0 Å². The fourth-order valence-electron chi connectivity index (χ4n) is 3.48. The lowest BCUT2D eigenvalue weighted by Gasteiger charge is -2.32. The van der Waals surface area contributed by atoms with Gasteiger partial charge in [0, 0.05) is 26.6 Å². The van der Waals surface area contributed by atoms with Crippen LogP contribution in [-0.2, 0) is 32.6 Å². The fourth-order valence-corrected chi connectivity index (χ4v) is 3.83. The third kappa shape index (κ3) is 9.33. The molecular weight excluding hydrogens is 466 g/mol. The molecule has 0 aliphatic carbocycles. The summed E-state index contributed by atoms with van der Waals surface area (Å²) in [5.74, 6) is 0.381. The minimum Gasteiger partial charge on any atom is -0.497 e. The van der Waals surface area contributed by atoms with Gasteiger partial charge in [0.25, 0.3) is 0 Å². The number of nitrogens with one attached hydrogen (secondary N) is 1. The van der Waals surface area contributed by atoms with Crippen molar-refractivity contribution < 1.29 is 22.7 Å². The average molecular weight is 504 g/mol. The number of ether oxygens (including phenoxy) is 1. The summed E-state index contributed by atoms with van der Waals surface area (Å²) >= 11 is 0. The molecule has 8 nitrogen and oxygen atoms in total. The van der Waals surface area contributed by atoms with Crippen molar-refractivity contribution in [2.24, 2.45) is 5.92 Å². The van der Waals surface area contributed by atoms with Crippen molar-refractivity contribution >= 4 is 21.8 Å². The molecule has 0 bridgehead atoms. The molecule has 1 atom stereocenters. The molecule has 0 aliphatic rings. The Bertz CT molecular complexity index is 1060. The number of carbonyl (C=O) groups is 2. The number of sulfonamides is 1. The smallest absolute Gasteiger partial charge is 0.243 e. The molecule has 2 amide bonds. The monoisotopic (exact) mass is 503 g/mol. The molecule has 35 heavy (non-hydrogen) atoms. The summed E-state index contributed by atoms with van der Waals surface area (Å²) in [7, 11) is -0.646. The largest absolute Gasteiger partial charge is 0.497 e. The Hall–Kier alpha value is -2.91. The second-order valence-electron chi connectivity index (χ2n) is 9.07. The van der Waals surface area contributed by atoms with Crippen molar-refractivity contribution in [3.05, 3.63) is 65.7 Å². The topological polar surface area (TPSA) is 96.0 Å². The Labute approximate surface area is 209 Å². The van der Waals surface area contributed by atoms with E-state index < -0.39 is 22.0 Å². The molecule has 0 aromatic heterocycles. The number of hydrogen-bond donors (Lipinski definition) is 1. The molecule has 1 unspecified atom stereocenters. The van der Waals surface area contributed by atoms with Crippen LogP contribution in [0.5, 0.6) is 5.75 Å². The molecule has 0 saturated heterocycles. The number of methoxy groups -OCH3 is 1. The van der Waals surface area contributed by atoms with Crippen LogP contribution in [0.2, 0.25) is 0 Å². The van der Waals surface area contributed by atoms with Gasteiger partial charge in [0.05, 0.1) is 19.9 Å². The van der Waals surface area contributed by atoms with E-state index in [0.29, 0.717) is 24.6 Å². The molecule has 0 aliphatic heterocycles. The van der Waals surface area contributed by atoms with Gasteiger partial charge in [-0.05, 0) is 35.6 Å². The average Bonchev–Trinajstić information content (AvgIpc) is 2.81. The highest BCUT2D eigenvalue weighted by atomic mass is 32.2. The molecule has 0 spiro atoms. The van der Waals surface area contributed by atoms with Gasteiger partial charge in [-0.15, -0.1) is 0 Å². The van der Waals surface area contributed by atoms with Gasteiger partial charge in [0.2, 0.25) is 21.8 Å². The Morgan fingerprint density at radius 1 is 1.00 bits per heavy atom. The van der Waals surface area contributed by atoms with Crippen molar-refractivity contribution in [1.82, 2.24) is 14.5 Å². The van der Waals surface area contributed by atoms with Crippen LogP contribution < -0.4 is 10.1 Å². The second-order valence-corrected chi connectivity index (χ2v) is 11.2. The van der Waals surface area contributed by atoms with Gasteiger partial charge in [-0.1, -0.05) is 56.3 Å². The van der Waals surface area contributed by atoms with Crippen molar-refractivity contribution in [1.29, 1.82) is 0 Å². The first kappa shape index (κ1) is 28.3. The Kier molecular flexibility index (Phi) is 10.7. The molecule has 9 heteroatoms. The maximum absolute atomic E-state index is 13.5. The molecule has 2 aromatic rings. The summed E-state index contributed by atoms with van der Waals surface area (Å²) < 4.78 is 30.2. The first-order chi connectivity index (χ1) is 16.5. The van der Waals surface area contributed by atoms with E-state index in [-0.39, 0.29) is 19.0 Å². The summed E-state index contributed by atoms with van der Waals surface area (Å²) in [5, 5.41) is 2.97. The lowest BCUT2D eigenvalue weighted by atomic mass is 10.0. The number of nitrogens with zero attached hydrogens (tertiary/aromatic N) is 2. The fraction of sp³-hybridized carbons (Fsp3) is 0.462. The zero-order chi connectivity index (χ0) is 26.0. The molecule has 2 rings (SSSR count). The molecule has 0 saturated carbocycles. The zero-order valence-electron chi connectivity index (χ0n) is 21.2. The third-order valence-corrected chi connectivity index (χ3v) is 6.99. The van der Waals surface area contributed by atoms with Crippen LogP contribution >= 0.6 is 0 Å². The SMILES string of the molecule is COc1ccc(CN(C(=O)CN(C)S(C)(=O)=O)C(Cc2ccccc2)C(=O)NCCC(C)C)cc1. The van der Waals surface area contributed by atoms with E-state index in [1.54, 1.807) is 19.2 Å². The van der Waals surface area contributed by atoms with Crippen LogP contribution in [0, 0.1) is 5.92 Å². The maximum Gasteiger partial charge on any atom is 0.243 e. The number of benzene rings is 2. The lowest BCUT2D eigenvalue weighted by molar-refractivity contribution is -0.141. The van der Waals surface area contributed by atoms with Crippen LogP contribution in [0.1, 0.15) is 31.4 Å². The van der Waals surface area contributed by atoms with Crippen LogP contribution in [0.15, 0.2) is 54.6 Å². The van der Waals surface area contributed by atoms with E-state index in [2.05, 4.69) is 19.2 Å². The Balaban J connectivity index is 2.41. The standard InChI is InChI=1S/C26H37N3O5S/c1-20(2)15-16-27-26(31)24(17-21-9-7-6-8-10-21)29(25(30)19-28(3)35(5,32)33)18-22-11-13-23(34-4)14-12-22/h6-14,20,24H,15-19H2,1-5H3,(H,27,31). The van der Waals surface area contributed by atoms with E-state index in [1.165, 1.54) is 11.9 Å². The zero-order valence-corrected chi connectivity index (χ0v) is 22.0. The van der Waals surface area contributed by atoms with Crippen LogP contribution in [0.25, 0.3) is 0 Å². The molecule has 0 radical (unpaired) electrons. The minimum atomic E-state index is -3.57. The van der Waals surface area contributed by atoms with Gasteiger partial charge in [0.1, 0.15) is 11.8 Å². The number of amides is 2. The van der Waals surface area contributed by atoms with Crippen LogP contribution in [0.3, 0.4) is 0 Å². The summed E-state index contributed by atoms with van der Waals surface area (Å²) in [5.41, 5.74) is 1.70. The summed E-state index contributed by atoms with van der Waals surface area (Å²) in [6.07, 6.45) is 2.17. The second kappa shape index (κ2) is 13.3. The lowest BCUT2D eigenvalue weighted by Crippen LogP contribution is -2.53. The highest BCUT2D eigenvalue weighted by Crippen LogP contribution is 2.18. The number of rotatable bonds is 13. The summed E-state index contributed by atoms with van der Waals surface area (Å²) in [6.45, 7) is 4.44. The van der Waals surface area contributed by atoms with E-state index in [4.69, 9.17) is 4.74 Å². The molecular formula is C26H37N3O5S. The summed E-state index contributed by atoms with van der Waals surface area (Å²) in [6, 6.07) is 15.9. The van der Waals surface area contributed by atoms with Gasteiger partial charge in [-0.3, -0.25) is 9.59 Å². The van der Waals surface area contributed by atoms with Crippen LogP contribution in [0.4, 0.5) is 0 Å². The van der Waals surface area contributed by atoms with Gasteiger partial charge < -0.3 is 15.0 Å². The normalized spacial score (nSPS) is 12.4. The van der Waals surface area contributed by atoms with Gasteiger partial charge in [-0.2, -0.15) is 4.31 Å². The Morgan fingerprint density at radius 3 is 2.17 bits per heavy atom. The molecule has 2 aromatic carbocycles. The van der Waals surface area contributed by atoms with E-state index in [0.717, 1.165) is 28.1 Å². The van der Waals surface area contributed by atoms with Crippen molar-refractivity contribution in [3.63, 3.8) is 0 Å². The first-order valence-electron chi connectivity index (χ1n) is 11.7. The Morgan fingerprint density at radius 2 is 1.63 bits per heavy atom. The highest BCUT2D eigenvalue weighted by Gasteiger charge is 2.31. The molecule has 1 N–H and O–H groups in total. The summed E-state index contributed by atoms with van der Waals surface area (Å²) in [4.78, 5) is 28.3. The molecule has 0 fully saturated rings. The first-order valence-corrected chi connectivity index (χ1v) is 13.5. The van der Waals surface area contributed by atoms with E-state index in [9.17, 15) is 18.0 Å². The van der Waals surface area contributed by atoms with Crippen molar-refractivity contribution in [2.75, 3.05) is 33.5 Å². The van der Waals surface area contributed by atoms with E-state index in [1.807, 2.05) is 42.5 Å². The third-order valence-electron chi connectivity index (χ3n) is 5.73. The molecule has 192 valence electrons. The highest BCUT2D eigenvalue weighted by molar-refractivity contribution is 7.88. The quantitative estimate of drug-likeness (QED) is 0.453. The molecule has 0 heterocycles. The van der Waals surface area contributed by atoms with Gasteiger partial charge in [-0.25, -0.2) is 8.42 Å². The minimum absolute atomic E-state index is 0.148. The van der Waals surface area contributed by atoms with Crippen molar-refractivity contribution in [2.45, 2.75) is 39.3 Å². The predicted molar refractivity (Wildman–Crippen MR) is 137 cm³/mol. The number of hydrogen-bond acceptors (Lipinski definition) is 5. The maximum atomic E-state index is 13.5. The van der Waals surface area contributed by atoms with Crippen molar-refractivity contribution in [3.8, 4) is 5.75 Å². The number of likely N-dealkylation sites (N-methyl/N-ethyl adjacent to an activating group) is 1. The number of carbonyl (C=O) groups excluding carboxylic acids is 2. The predicted octanol–water partition coefficient (Wildman–Crippen LogP) is 2.69. The van der Waals surface area contributed by atoms with Gasteiger partial charge in [0.15, 0.2) is 0 Å². The van der Waals surface area contributed by atoms with Gasteiger partial charge >= 0.3 is 0 Å².